The van der Waals surface area contributed by atoms with Crippen molar-refractivity contribution in [3.63, 3.8) is 0 Å². The number of benzene rings is 1. The summed E-state index contributed by atoms with van der Waals surface area (Å²) < 4.78 is 19.5. The Kier molecular flexibility index (Phi) is 2.37. The van der Waals surface area contributed by atoms with E-state index in [0.717, 1.165) is 0 Å². The number of methoxy groups -OCH3 is 1. The van der Waals surface area contributed by atoms with Crippen molar-refractivity contribution >= 4 is 5.97 Å². The largest absolute Gasteiger partial charge is 0.496 e. The van der Waals surface area contributed by atoms with Gasteiger partial charge in [-0.2, -0.15) is 0 Å². The molecule has 3 nitrogen and oxygen atoms in total. The lowest BCUT2D eigenvalue weighted by atomic mass is 9.93. The lowest BCUT2D eigenvalue weighted by Crippen LogP contribution is -2.28. The predicted octanol–water partition coefficient (Wildman–Crippen LogP) is 2.20. The number of halogens is 1. The molecular weight excluding hydrogens is 211 g/mol. The third-order valence-electron chi connectivity index (χ3n) is 3.15. The molecular formula is C12H13FO3. The van der Waals surface area contributed by atoms with E-state index in [0.29, 0.717) is 23.3 Å². The molecule has 4 heteroatoms. The van der Waals surface area contributed by atoms with Crippen molar-refractivity contribution in [3.8, 4) is 5.75 Å². The first-order valence-corrected chi connectivity index (χ1v) is 5.10. The van der Waals surface area contributed by atoms with E-state index in [1.54, 1.807) is 19.1 Å². The van der Waals surface area contributed by atoms with Crippen molar-refractivity contribution in [2.45, 2.75) is 25.4 Å². The van der Waals surface area contributed by atoms with Crippen molar-refractivity contribution in [2.75, 3.05) is 7.11 Å². The SMILES string of the molecule is COc1ccc(C)c2c1CCC2(F)C(=O)O. The molecule has 0 saturated heterocycles. The number of aliphatic carboxylic acids is 1. The zero-order valence-corrected chi connectivity index (χ0v) is 9.21. The van der Waals surface area contributed by atoms with Gasteiger partial charge in [-0.25, -0.2) is 9.18 Å². The van der Waals surface area contributed by atoms with Crippen LogP contribution < -0.4 is 4.74 Å². The van der Waals surface area contributed by atoms with Gasteiger partial charge in [-0.15, -0.1) is 0 Å². The van der Waals surface area contributed by atoms with Gasteiger partial charge in [0.2, 0.25) is 5.67 Å². The molecule has 1 aliphatic rings. The second-order valence-electron chi connectivity index (χ2n) is 4.04. The molecule has 1 unspecified atom stereocenters. The average Bonchev–Trinajstić information content (AvgIpc) is 2.60. The van der Waals surface area contributed by atoms with Crippen molar-refractivity contribution in [3.05, 3.63) is 28.8 Å². The van der Waals surface area contributed by atoms with Crippen LogP contribution in [0.5, 0.6) is 5.75 Å². The normalized spacial score (nSPS) is 22.9. The van der Waals surface area contributed by atoms with E-state index in [1.165, 1.54) is 7.11 Å². The smallest absolute Gasteiger partial charge is 0.346 e. The molecule has 0 aliphatic heterocycles. The van der Waals surface area contributed by atoms with Gasteiger partial charge in [0, 0.05) is 17.5 Å². The van der Waals surface area contributed by atoms with Gasteiger partial charge in [-0.3, -0.25) is 0 Å². The molecule has 1 N–H and O–H groups in total. The zero-order valence-electron chi connectivity index (χ0n) is 9.21. The van der Waals surface area contributed by atoms with E-state index in [2.05, 4.69) is 0 Å². The number of carboxylic acid groups (broad SMARTS) is 1. The van der Waals surface area contributed by atoms with Crippen LogP contribution in [0.25, 0.3) is 0 Å². The number of hydrogen-bond acceptors (Lipinski definition) is 2. The summed E-state index contributed by atoms with van der Waals surface area (Å²) >= 11 is 0. The Morgan fingerprint density at radius 2 is 2.25 bits per heavy atom. The third-order valence-corrected chi connectivity index (χ3v) is 3.15. The van der Waals surface area contributed by atoms with Crippen LogP contribution in [0.1, 0.15) is 23.1 Å². The standard InChI is InChI=1S/C12H13FO3/c1-7-3-4-9(16-2)8-5-6-12(13,10(7)8)11(14)15/h3-4H,5-6H2,1-2H3,(H,14,15). The van der Waals surface area contributed by atoms with Crippen LogP contribution in [0, 0.1) is 6.92 Å². The van der Waals surface area contributed by atoms with E-state index < -0.39 is 11.6 Å². The minimum Gasteiger partial charge on any atom is -0.496 e. The molecule has 0 aromatic heterocycles. The Morgan fingerprint density at radius 3 is 2.81 bits per heavy atom. The predicted molar refractivity (Wildman–Crippen MR) is 56.5 cm³/mol. The van der Waals surface area contributed by atoms with Crippen LogP contribution in [0.4, 0.5) is 4.39 Å². The van der Waals surface area contributed by atoms with Gasteiger partial charge in [0.15, 0.2) is 0 Å². The second-order valence-corrected chi connectivity index (χ2v) is 4.04. The summed E-state index contributed by atoms with van der Waals surface area (Å²) in [4.78, 5) is 11.0. The van der Waals surface area contributed by atoms with Crippen LogP contribution in [-0.4, -0.2) is 18.2 Å². The van der Waals surface area contributed by atoms with Crippen molar-refractivity contribution in [1.82, 2.24) is 0 Å². The van der Waals surface area contributed by atoms with E-state index in [1.807, 2.05) is 0 Å². The molecule has 0 fully saturated rings. The Hall–Kier alpha value is -1.58. The maximum atomic E-state index is 14.3. The van der Waals surface area contributed by atoms with E-state index in [9.17, 15) is 9.18 Å². The van der Waals surface area contributed by atoms with Crippen LogP contribution in [0.3, 0.4) is 0 Å². The summed E-state index contributed by atoms with van der Waals surface area (Å²) in [7, 11) is 1.50. The summed E-state index contributed by atoms with van der Waals surface area (Å²) in [5.74, 6) is -0.844. The Balaban J connectivity index is 2.67. The fraction of sp³-hybridized carbons (Fsp3) is 0.417. The molecule has 1 atom stereocenters. The van der Waals surface area contributed by atoms with Gasteiger partial charge < -0.3 is 9.84 Å². The maximum Gasteiger partial charge on any atom is 0.346 e. The highest BCUT2D eigenvalue weighted by Gasteiger charge is 2.48. The van der Waals surface area contributed by atoms with Gasteiger partial charge in [0.25, 0.3) is 0 Å². The summed E-state index contributed by atoms with van der Waals surface area (Å²) in [6, 6.07) is 3.45. The molecule has 0 heterocycles. The zero-order chi connectivity index (χ0) is 11.9. The molecule has 0 spiro atoms. The van der Waals surface area contributed by atoms with E-state index in [4.69, 9.17) is 9.84 Å². The van der Waals surface area contributed by atoms with Gasteiger partial charge >= 0.3 is 5.97 Å². The van der Waals surface area contributed by atoms with Gasteiger partial charge in [0.1, 0.15) is 5.75 Å². The van der Waals surface area contributed by atoms with Crippen LogP contribution in [0.15, 0.2) is 12.1 Å². The molecule has 1 aromatic rings. The molecule has 1 aliphatic carbocycles. The molecule has 2 rings (SSSR count). The number of hydrogen-bond donors (Lipinski definition) is 1. The lowest BCUT2D eigenvalue weighted by Gasteiger charge is -2.18. The molecule has 0 bridgehead atoms. The highest BCUT2D eigenvalue weighted by Crippen LogP contribution is 2.45. The molecule has 0 amide bonds. The third kappa shape index (κ3) is 1.29. The highest BCUT2D eigenvalue weighted by atomic mass is 19.1. The maximum absolute atomic E-state index is 14.3. The first kappa shape index (κ1) is 10.9. The summed E-state index contributed by atoms with van der Waals surface area (Å²) in [6.07, 6.45) is 0.391. The summed E-state index contributed by atoms with van der Waals surface area (Å²) in [6.45, 7) is 1.72. The number of rotatable bonds is 2. The van der Waals surface area contributed by atoms with Gasteiger partial charge in [-0.1, -0.05) is 6.07 Å². The minimum atomic E-state index is -2.26. The van der Waals surface area contributed by atoms with Crippen molar-refractivity contribution < 1.29 is 19.0 Å². The number of ether oxygens (including phenoxy) is 1. The molecule has 16 heavy (non-hydrogen) atoms. The topological polar surface area (TPSA) is 46.5 Å². The highest BCUT2D eigenvalue weighted by molar-refractivity contribution is 5.82. The van der Waals surface area contributed by atoms with Crippen molar-refractivity contribution in [2.24, 2.45) is 0 Å². The Morgan fingerprint density at radius 1 is 1.56 bits per heavy atom. The molecule has 0 saturated carbocycles. The number of fused-ring (bicyclic) bond motifs is 1. The Labute approximate surface area is 92.9 Å². The summed E-state index contributed by atoms with van der Waals surface area (Å²) in [5, 5.41) is 8.99. The Bertz CT molecular complexity index is 456. The van der Waals surface area contributed by atoms with E-state index in [-0.39, 0.29) is 12.0 Å². The van der Waals surface area contributed by atoms with Gasteiger partial charge in [0.05, 0.1) is 7.11 Å². The number of carbonyl (C=O) groups is 1. The minimum absolute atomic E-state index is 0.0150. The fourth-order valence-electron chi connectivity index (χ4n) is 2.37. The molecule has 0 radical (unpaired) electrons. The van der Waals surface area contributed by atoms with Gasteiger partial charge in [-0.05, 0) is 25.0 Å². The number of alkyl halides is 1. The van der Waals surface area contributed by atoms with Crippen LogP contribution in [0.2, 0.25) is 0 Å². The van der Waals surface area contributed by atoms with Crippen LogP contribution >= 0.6 is 0 Å². The quantitative estimate of drug-likeness (QED) is 0.837. The first-order chi connectivity index (χ1) is 7.50. The average molecular weight is 224 g/mol. The number of aryl methyl sites for hydroxylation is 1. The van der Waals surface area contributed by atoms with E-state index >= 15 is 0 Å². The first-order valence-electron chi connectivity index (χ1n) is 5.10. The molecule has 86 valence electrons. The van der Waals surface area contributed by atoms with Crippen LogP contribution in [-0.2, 0) is 16.9 Å². The monoisotopic (exact) mass is 224 g/mol. The number of carboxylic acids is 1. The molecule has 1 aromatic carbocycles. The van der Waals surface area contributed by atoms with Crippen molar-refractivity contribution in [1.29, 1.82) is 0 Å². The second kappa shape index (κ2) is 3.47. The fourth-order valence-corrected chi connectivity index (χ4v) is 2.37. The summed E-state index contributed by atoms with van der Waals surface area (Å²) in [5.41, 5.74) is -0.626. The lowest BCUT2D eigenvalue weighted by molar-refractivity contribution is -0.151.